The van der Waals surface area contributed by atoms with Gasteiger partial charge in [-0.05, 0) is 24.2 Å². The highest BCUT2D eigenvalue weighted by Gasteiger charge is 2.45. The van der Waals surface area contributed by atoms with Gasteiger partial charge in [0.25, 0.3) is 0 Å². The second-order valence-electron chi connectivity index (χ2n) is 8.02. The Labute approximate surface area is 145 Å². The number of hydrogen-bond donors (Lipinski definition) is 0. The number of ether oxygens (including phenoxy) is 3. The molecule has 1 saturated heterocycles. The van der Waals surface area contributed by atoms with E-state index >= 15 is 0 Å². The first-order valence-corrected chi connectivity index (χ1v) is 11.5. The van der Waals surface area contributed by atoms with Crippen LogP contribution >= 0.6 is 0 Å². The summed E-state index contributed by atoms with van der Waals surface area (Å²) < 4.78 is 24.4. The van der Waals surface area contributed by atoms with Crippen LogP contribution in [0, 0.1) is 0 Å². The number of benzene rings is 1. The molecule has 24 heavy (non-hydrogen) atoms. The topological polar surface area (TPSA) is 36.9 Å². The van der Waals surface area contributed by atoms with Gasteiger partial charge in [-0.15, -0.1) is 0 Å². The minimum Gasteiger partial charge on any atom is -0.493 e. The van der Waals surface area contributed by atoms with E-state index in [-0.39, 0.29) is 29.6 Å². The summed E-state index contributed by atoms with van der Waals surface area (Å²) in [5, 5.41) is 0.151. The summed E-state index contributed by atoms with van der Waals surface area (Å²) >= 11 is 0. The van der Waals surface area contributed by atoms with Gasteiger partial charge >= 0.3 is 0 Å². The molecule has 0 unspecified atom stereocenters. The van der Waals surface area contributed by atoms with E-state index in [2.05, 4.69) is 33.9 Å². The Morgan fingerprint density at radius 1 is 1.12 bits per heavy atom. The molecule has 1 aromatic rings. The predicted octanol–water partition coefficient (Wildman–Crippen LogP) is 4.40. The smallest absolute Gasteiger partial charge is 0.193 e. The lowest BCUT2D eigenvalue weighted by Crippen LogP contribution is -2.54. The summed E-state index contributed by atoms with van der Waals surface area (Å²) in [5.74, 6) is 0. The molecule has 0 amide bonds. The zero-order valence-electron chi connectivity index (χ0n) is 15.2. The number of hydrogen-bond acceptors (Lipinski definition) is 4. The van der Waals surface area contributed by atoms with Crippen LogP contribution in [0.3, 0.4) is 0 Å². The maximum Gasteiger partial charge on any atom is 0.193 e. The van der Waals surface area contributed by atoms with Gasteiger partial charge < -0.3 is 18.6 Å². The van der Waals surface area contributed by atoms with Gasteiger partial charge in [0.05, 0.1) is 19.0 Å². The molecule has 3 rings (SSSR count). The minimum absolute atomic E-state index is 0.0975. The van der Waals surface area contributed by atoms with Crippen molar-refractivity contribution in [1.29, 1.82) is 0 Å². The van der Waals surface area contributed by atoms with Crippen molar-refractivity contribution >= 4 is 8.32 Å². The molecule has 2 aliphatic heterocycles. The molecule has 132 valence electrons. The summed E-state index contributed by atoms with van der Waals surface area (Å²) in [6.45, 7) is 11.8. The molecular formula is C19H28O4Si. The van der Waals surface area contributed by atoms with Gasteiger partial charge in [-0.25, -0.2) is 0 Å². The molecular weight excluding hydrogens is 320 g/mol. The van der Waals surface area contributed by atoms with Crippen molar-refractivity contribution in [3.63, 3.8) is 0 Å². The fraction of sp³-hybridized carbons (Fsp3) is 0.579. The highest BCUT2D eigenvalue weighted by molar-refractivity contribution is 6.74. The molecule has 1 aromatic carbocycles. The van der Waals surface area contributed by atoms with Crippen molar-refractivity contribution < 1.29 is 18.6 Å². The molecule has 4 atom stereocenters. The Bertz CT molecular complexity index is 579. The lowest BCUT2D eigenvalue weighted by Gasteiger charge is -2.45. The van der Waals surface area contributed by atoms with Crippen LogP contribution in [-0.2, 0) is 18.6 Å². The third-order valence-corrected chi connectivity index (χ3v) is 9.69. The summed E-state index contributed by atoms with van der Waals surface area (Å²) in [6, 6.07) is 10.0. The van der Waals surface area contributed by atoms with Crippen LogP contribution < -0.4 is 0 Å². The molecule has 0 aliphatic carbocycles. The first-order valence-electron chi connectivity index (χ1n) is 8.60. The van der Waals surface area contributed by atoms with Gasteiger partial charge in [0.1, 0.15) is 6.10 Å². The van der Waals surface area contributed by atoms with Gasteiger partial charge in [0.15, 0.2) is 20.7 Å². The third kappa shape index (κ3) is 3.59. The molecule has 0 aromatic heterocycles. The summed E-state index contributed by atoms with van der Waals surface area (Å²) in [6.07, 6.45) is 2.98. The van der Waals surface area contributed by atoms with Gasteiger partial charge in [0.2, 0.25) is 0 Å². The van der Waals surface area contributed by atoms with Crippen molar-refractivity contribution in [3.8, 4) is 0 Å². The second-order valence-corrected chi connectivity index (χ2v) is 12.8. The van der Waals surface area contributed by atoms with Gasteiger partial charge in [0, 0.05) is 5.56 Å². The van der Waals surface area contributed by atoms with Crippen molar-refractivity contribution in [1.82, 2.24) is 0 Å². The normalized spacial score (nSPS) is 30.5. The monoisotopic (exact) mass is 348 g/mol. The number of rotatable bonds is 3. The van der Waals surface area contributed by atoms with Crippen LogP contribution in [-0.4, -0.2) is 33.2 Å². The summed E-state index contributed by atoms with van der Waals surface area (Å²) in [4.78, 5) is 0. The first-order chi connectivity index (χ1) is 11.3. The zero-order chi connectivity index (χ0) is 17.4. The van der Waals surface area contributed by atoms with Crippen LogP contribution in [0.2, 0.25) is 18.1 Å². The number of fused-ring (bicyclic) bond motifs is 1. The van der Waals surface area contributed by atoms with Crippen LogP contribution in [0.25, 0.3) is 0 Å². The SMILES string of the molecule is CC(C)(C)[Si](C)(C)O[C@@H]1C=CO[C@@H]2CO[C@H](c3ccccc3)O[C@@H]12. The van der Waals surface area contributed by atoms with E-state index in [0.717, 1.165) is 5.56 Å². The molecule has 0 radical (unpaired) electrons. The largest absolute Gasteiger partial charge is 0.493 e. The average Bonchev–Trinajstić information content (AvgIpc) is 2.54. The highest BCUT2D eigenvalue weighted by Crippen LogP contribution is 2.40. The second kappa shape index (κ2) is 6.63. The van der Waals surface area contributed by atoms with E-state index in [0.29, 0.717) is 6.61 Å². The van der Waals surface area contributed by atoms with E-state index in [9.17, 15) is 0 Å². The molecule has 4 nitrogen and oxygen atoms in total. The lowest BCUT2D eigenvalue weighted by molar-refractivity contribution is -0.274. The highest BCUT2D eigenvalue weighted by atomic mass is 28.4. The lowest BCUT2D eigenvalue weighted by atomic mass is 10.0. The quantitative estimate of drug-likeness (QED) is 0.759. The van der Waals surface area contributed by atoms with E-state index in [4.69, 9.17) is 18.6 Å². The Morgan fingerprint density at radius 3 is 2.50 bits per heavy atom. The van der Waals surface area contributed by atoms with Crippen LogP contribution in [0.15, 0.2) is 42.7 Å². The molecule has 0 saturated carbocycles. The van der Waals surface area contributed by atoms with Crippen molar-refractivity contribution in [3.05, 3.63) is 48.2 Å². The maximum atomic E-state index is 6.59. The molecule has 2 heterocycles. The fourth-order valence-corrected chi connectivity index (χ4v) is 3.94. The molecule has 2 aliphatic rings. The molecule has 0 N–H and O–H groups in total. The van der Waals surface area contributed by atoms with Gasteiger partial charge in [-0.2, -0.15) is 0 Å². The standard InChI is InChI=1S/C19H28O4Si/c1-19(2,3)24(4,5)23-15-11-12-20-16-13-21-18(22-17(15)16)14-9-7-6-8-10-14/h6-12,15-18H,13H2,1-5H3/t15-,16-,17+,18+/m1/s1. The van der Waals surface area contributed by atoms with E-state index in [1.165, 1.54) is 0 Å². The molecule has 0 bridgehead atoms. The summed E-state index contributed by atoms with van der Waals surface area (Å²) in [7, 11) is -1.90. The van der Waals surface area contributed by atoms with E-state index in [1.807, 2.05) is 36.4 Å². The van der Waals surface area contributed by atoms with Crippen molar-refractivity contribution in [2.45, 2.75) is 63.5 Å². The van der Waals surface area contributed by atoms with Crippen LogP contribution in [0.4, 0.5) is 0 Å². The average molecular weight is 349 g/mol. The molecule has 1 fully saturated rings. The maximum absolute atomic E-state index is 6.59. The fourth-order valence-electron chi connectivity index (χ4n) is 2.69. The van der Waals surface area contributed by atoms with E-state index in [1.54, 1.807) is 6.26 Å². The minimum atomic E-state index is -1.90. The molecule has 5 heteroatoms. The zero-order valence-corrected chi connectivity index (χ0v) is 16.2. The van der Waals surface area contributed by atoms with Gasteiger partial charge in [-0.3, -0.25) is 0 Å². The summed E-state index contributed by atoms with van der Waals surface area (Å²) in [5.41, 5.74) is 1.02. The third-order valence-electron chi connectivity index (χ3n) is 5.21. The predicted molar refractivity (Wildman–Crippen MR) is 96.1 cm³/mol. The van der Waals surface area contributed by atoms with Crippen molar-refractivity contribution in [2.75, 3.05) is 6.61 Å². The Hall–Kier alpha value is -1.14. The Kier molecular flexibility index (Phi) is 4.89. The van der Waals surface area contributed by atoms with Gasteiger partial charge in [-0.1, -0.05) is 51.1 Å². The Morgan fingerprint density at radius 2 is 1.83 bits per heavy atom. The van der Waals surface area contributed by atoms with Crippen molar-refractivity contribution in [2.24, 2.45) is 0 Å². The van der Waals surface area contributed by atoms with Crippen LogP contribution in [0.1, 0.15) is 32.6 Å². The first kappa shape index (κ1) is 17.7. The van der Waals surface area contributed by atoms with E-state index < -0.39 is 8.32 Å². The van der Waals surface area contributed by atoms with Crippen LogP contribution in [0.5, 0.6) is 0 Å². The Balaban J connectivity index is 1.76. The molecule has 0 spiro atoms.